The number of rotatable bonds is 10. The van der Waals surface area contributed by atoms with Gasteiger partial charge in [-0.15, -0.1) is 22.6 Å². The zero-order chi connectivity index (χ0) is 31.2. The first-order valence-electron chi connectivity index (χ1n) is 15.1. The van der Waals surface area contributed by atoms with Crippen LogP contribution in [0.3, 0.4) is 0 Å². The number of nitrogens with zero attached hydrogens (tertiary/aromatic N) is 5. The number of nitrogens with one attached hydrogen (secondary N) is 1. The van der Waals surface area contributed by atoms with Crippen LogP contribution < -0.4 is 4.74 Å². The van der Waals surface area contributed by atoms with Crippen LogP contribution in [0.1, 0.15) is 61.9 Å². The van der Waals surface area contributed by atoms with E-state index in [4.69, 9.17) is 18.9 Å². The Labute approximate surface area is 271 Å². The van der Waals surface area contributed by atoms with Crippen molar-refractivity contribution in [2.75, 3.05) is 6.61 Å². The number of carbonyl (C=O) groups excluding carboxylic acids is 2. The van der Waals surface area contributed by atoms with Gasteiger partial charge in [0.25, 0.3) is 6.01 Å². The van der Waals surface area contributed by atoms with E-state index >= 15 is 0 Å². The fourth-order valence-electron chi connectivity index (χ4n) is 5.61. The predicted molar refractivity (Wildman–Crippen MR) is 172 cm³/mol. The number of fused-ring (bicyclic) bond motifs is 1. The molecule has 1 atom stereocenters. The lowest BCUT2D eigenvalue weighted by Crippen LogP contribution is -2.26. The Morgan fingerprint density at radius 1 is 0.957 bits per heavy atom. The van der Waals surface area contributed by atoms with Gasteiger partial charge in [-0.25, -0.2) is 9.59 Å². The molecule has 0 saturated heterocycles. The monoisotopic (exact) mass is 646 g/mol. The molecule has 0 amide bonds. The van der Waals surface area contributed by atoms with E-state index in [-0.39, 0.29) is 24.1 Å². The molecule has 2 heterocycles. The average molecular weight is 647 g/mol. The largest absolute Gasteiger partial charge is 0.511 e. The van der Waals surface area contributed by atoms with Crippen LogP contribution in [-0.2, 0) is 20.8 Å². The standard InChI is InChI=1S/C33H34N6O6.ClH/c1-3-42-32-34-28-15-9-14-27(31(40)43-21(2)44-33(41)45-24-10-5-4-6-11-24)29(28)39(32)20-22-16-18-23(19-17-22)25-12-7-8-13-26(25)30-35-37-38-36-30;/h7-9,12-19,21,24H,3-6,10-11,20H2,1-2H3,(H,35,36,37,38);1H. The molecule has 2 aromatic heterocycles. The van der Waals surface area contributed by atoms with E-state index < -0.39 is 18.4 Å². The molecule has 6 rings (SSSR count). The zero-order valence-electron chi connectivity index (χ0n) is 25.5. The number of aromatic amines is 1. The summed E-state index contributed by atoms with van der Waals surface area (Å²) in [5, 5.41) is 14.5. The number of H-pyrrole nitrogens is 1. The van der Waals surface area contributed by atoms with Crippen molar-refractivity contribution >= 4 is 35.6 Å². The molecule has 5 aromatic rings. The minimum atomic E-state index is -1.14. The molecule has 1 fully saturated rings. The summed E-state index contributed by atoms with van der Waals surface area (Å²) in [7, 11) is 0. The molecule has 1 aliphatic carbocycles. The van der Waals surface area contributed by atoms with E-state index in [9.17, 15) is 9.59 Å². The lowest BCUT2D eigenvalue weighted by Gasteiger charge is -2.22. The second kappa shape index (κ2) is 14.9. The normalized spacial score (nSPS) is 13.9. The van der Waals surface area contributed by atoms with Crippen LogP contribution in [0.25, 0.3) is 33.5 Å². The fourth-order valence-corrected chi connectivity index (χ4v) is 5.61. The van der Waals surface area contributed by atoms with Gasteiger partial charge in [0.05, 0.1) is 29.7 Å². The van der Waals surface area contributed by atoms with Gasteiger partial charge in [0.15, 0.2) is 0 Å². The molecular weight excluding hydrogens is 612 g/mol. The second-order valence-corrected chi connectivity index (χ2v) is 10.8. The van der Waals surface area contributed by atoms with Crippen molar-refractivity contribution < 1.29 is 28.5 Å². The minimum Gasteiger partial charge on any atom is -0.465 e. The highest BCUT2D eigenvalue weighted by Gasteiger charge is 2.25. The molecule has 0 bridgehead atoms. The van der Waals surface area contributed by atoms with E-state index in [0.717, 1.165) is 54.4 Å². The number of ether oxygens (including phenoxy) is 4. The minimum absolute atomic E-state index is 0. The Bertz CT molecular complexity index is 1770. The Balaban J connectivity index is 0.00000417. The van der Waals surface area contributed by atoms with Gasteiger partial charge in [0.1, 0.15) is 6.10 Å². The third-order valence-electron chi connectivity index (χ3n) is 7.69. The topological polar surface area (TPSA) is 143 Å². The first-order chi connectivity index (χ1) is 22.0. The maximum absolute atomic E-state index is 13.4. The Morgan fingerprint density at radius 3 is 2.43 bits per heavy atom. The summed E-state index contributed by atoms with van der Waals surface area (Å²) < 4.78 is 23.9. The van der Waals surface area contributed by atoms with Crippen LogP contribution in [0.2, 0.25) is 0 Å². The molecule has 240 valence electrons. The van der Waals surface area contributed by atoms with Gasteiger partial charge in [0.2, 0.25) is 12.1 Å². The molecule has 13 heteroatoms. The summed E-state index contributed by atoms with van der Waals surface area (Å²) in [5.41, 5.74) is 5.17. The van der Waals surface area contributed by atoms with E-state index in [2.05, 4.69) is 25.6 Å². The van der Waals surface area contributed by atoms with Crippen molar-refractivity contribution in [3.63, 3.8) is 0 Å². The van der Waals surface area contributed by atoms with Crippen LogP contribution in [0.4, 0.5) is 4.79 Å². The van der Waals surface area contributed by atoms with Gasteiger partial charge in [0, 0.05) is 12.5 Å². The third kappa shape index (κ3) is 7.28. The highest BCUT2D eigenvalue weighted by atomic mass is 35.5. The smallest absolute Gasteiger partial charge is 0.465 e. The lowest BCUT2D eigenvalue weighted by atomic mass is 9.98. The number of benzene rings is 3. The predicted octanol–water partition coefficient (Wildman–Crippen LogP) is 6.74. The summed E-state index contributed by atoms with van der Waals surface area (Å²) in [6, 6.07) is 21.5. The molecule has 0 aliphatic heterocycles. The maximum atomic E-state index is 13.4. The molecule has 1 unspecified atom stereocenters. The average Bonchev–Trinajstić information content (AvgIpc) is 3.71. The second-order valence-electron chi connectivity index (χ2n) is 10.8. The Hall–Kier alpha value is -4.97. The number of imidazole rings is 1. The lowest BCUT2D eigenvalue weighted by molar-refractivity contribution is -0.0914. The van der Waals surface area contributed by atoms with Gasteiger partial charge in [-0.3, -0.25) is 4.57 Å². The first kappa shape index (κ1) is 32.4. The molecule has 1 saturated carbocycles. The molecule has 1 aliphatic rings. The van der Waals surface area contributed by atoms with E-state index in [1.54, 1.807) is 12.1 Å². The molecular formula is C33H35ClN6O6. The van der Waals surface area contributed by atoms with Crippen LogP contribution in [0.15, 0.2) is 66.7 Å². The van der Waals surface area contributed by atoms with Crippen LogP contribution in [0.5, 0.6) is 6.01 Å². The highest BCUT2D eigenvalue weighted by Crippen LogP contribution is 2.31. The van der Waals surface area contributed by atoms with Gasteiger partial charge in [-0.05, 0) is 66.6 Å². The number of para-hydroxylation sites is 1. The SMILES string of the molecule is CCOc1nc2cccc(C(=O)OC(C)OC(=O)OC3CCCCC3)c2n1Cc1ccc(-c2ccccc2-c2nn[nH]n2)cc1.Cl. The van der Waals surface area contributed by atoms with Crippen molar-refractivity contribution in [2.45, 2.75) is 64.9 Å². The summed E-state index contributed by atoms with van der Waals surface area (Å²) in [4.78, 5) is 30.3. The number of tetrazole rings is 1. The fraction of sp³-hybridized carbons (Fsp3) is 0.333. The first-order valence-corrected chi connectivity index (χ1v) is 15.1. The van der Waals surface area contributed by atoms with Crippen molar-refractivity contribution in [1.29, 1.82) is 0 Å². The molecule has 3 aromatic carbocycles. The van der Waals surface area contributed by atoms with Gasteiger partial charge in [-0.1, -0.05) is 61.0 Å². The molecule has 46 heavy (non-hydrogen) atoms. The molecule has 1 N–H and O–H groups in total. The third-order valence-corrected chi connectivity index (χ3v) is 7.69. The number of halogens is 1. The van der Waals surface area contributed by atoms with Gasteiger partial charge >= 0.3 is 12.1 Å². The Kier molecular flexibility index (Phi) is 10.5. The van der Waals surface area contributed by atoms with Gasteiger partial charge in [-0.2, -0.15) is 10.2 Å². The van der Waals surface area contributed by atoms with E-state index in [1.165, 1.54) is 6.92 Å². The number of hydrogen-bond donors (Lipinski definition) is 1. The molecule has 12 nitrogen and oxygen atoms in total. The number of hydrogen-bond acceptors (Lipinski definition) is 10. The molecule has 0 spiro atoms. The zero-order valence-corrected chi connectivity index (χ0v) is 26.4. The number of esters is 1. The van der Waals surface area contributed by atoms with Crippen LogP contribution >= 0.6 is 12.4 Å². The quantitative estimate of drug-likeness (QED) is 0.128. The highest BCUT2D eigenvalue weighted by molar-refractivity contribution is 6.02. The molecule has 0 radical (unpaired) electrons. The van der Waals surface area contributed by atoms with Crippen LogP contribution in [-0.4, -0.2) is 61.3 Å². The summed E-state index contributed by atoms with van der Waals surface area (Å²) in [5.74, 6) is -0.141. The number of carbonyl (C=O) groups is 2. The van der Waals surface area contributed by atoms with Gasteiger partial charge < -0.3 is 18.9 Å². The maximum Gasteiger partial charge on any atom is 0.511 e. The van der Waals surface area contributed by atoms with Crippen LogP contribution in [0, 0.1) is 0 Å². The Morgan fingerprint density at radius 2 is 1.72 bits per heavy atom. The van der Waals surface area contributed by atoms with Crippen molar-refractivity contribution in [3.05, 3.63) is 77.9 Å². The number of aromatic nitrogens is 6. The van der Waals surface area contributed by atoms with E-state index in [0.29, 0.717) is 36.0 Å². The summed E-state index contributed by atoms with van der Waals surface area (Å²) >= 11 is 0. The van der Waals surface area contributed by atoms with Crippen molar-refractivity contribution in [1.82, 2.24) is 30.2 Å². The summed E-state index contributed by atoms with van der Waals surface area (Å²) in [6.07, 6.45) is 2.65. The van der Waals surface area contributed by atoms with Crippen molar-refractivity contribution in [2.24, 2.45) is 0 Å². The van der Waals surface area contributed by atoms with E-state index in [1.807, 2.05) is 66.1 Å². The summed E-state index contributed by atoms with van der Waals surface area (Å²) in [6.45, 7) is 4.13. The van der Waals surface area contributed by atoms with Crippen molar-refractivity contribution in [3.8, 4) is 28.5 Å².